The smallest absolute Gasteiger partial charge is 0.332 e. The number of nitrogens with one attached hydrogen (secondary N) is 1. The van der Waals surface area contributed by atoms with Crippen molar-refractivity contribution >= 4 is 28.0 Å². The van der Waals surface area contributed by atoms with Crippen LogP contribution in [0.3, 0.4) is 0 Å². The van der Waals surface area contributed by atoms with Crippen molar-refractivity contribution < 1.29 is 23.8 Å². The van der Waals surface area contributed by atoms with Gasteiger partial charge in [0.25, 0.3) is 0 Å². The van der Waals surface area contributed by atoms with Gasteiger partial charge in [-0.05, 0) is 30.5 Å². The number of carboxylic acids is 1. The van der Waals surface area contributed by atoms with Crippen molar-refractivity contribution in [3.05, 3.63) is 47.5 Å². The van der Waals surface area contributed by atoms with Crippen LogP contribution in [-0.4, -0.2) is 50.6 Å². The first-order chi connectivity index (χ1) is 15.4. The van der Waals surface area contributed by atoms with Gasteiger partial charge >= 0.3 is 5.97 Å². The second kappa shape index (κ2) is 7.59. The molecule has 32 heavy (non-hydrogen) atoms. The first kappa shape index (κ1) is 20.4. The third kappa shape index (κ3) is 3.12. The van der Waals surface area contributed by atoms with E-state index in [4.69, 9.17) is 14.5 Å². The van der Waals surface area contributed by atoms with Gasteiger partial charge in [-0.3, -0.25) is 5.10 Å². The summed E-state index contributed by atoms with van der Waals surface area (Å²) in [7, 11) is 1.43. The van der Waals surface area contributed by atoms with Gasteiger partial charge in [0.2, 0.25) is 0 Å². The summed E-state index contributed by atoms with van der Waals surface area (Å²) in [5.41, 5.74) is 4.93. The van der Waals surface area contributed by atoms with Crippen molar-refractivity contribution in [3.63, 3.8) is 0 Å². The van der Waals surface area contributed by atoms with E-state index in [2.05, 4.69) is 28.6 Å². The van der Waals surface area contributed by atoms with Gasteiger partial charge in [-0.2, -0.15) is 5.10 Å². The number of nitrogens with zero attached hydrogens (tertiary/aromatic N) is 3. The van der Waals surface area contributed by atoms with Crippen LogP contribution in [-0.2, 0) is 9.53 Å². The summed E-state index contributed by atoms with van der Waals surface area (Å²) in [5.74, 6) is -1.31. The van der Waals surface area contributed by atoms with E-state index < -0.39 is 17.9 Å². The zero-order chi connectivity index (χ0) is 22.6. The average Bonchev–Trinajstić information content (AvgIpc) is 3.49. The van der Waals surface area contributed by atoms with Crippen molar-refractivity contribution in [3.8, 4) is 11.4 Å². The summed E-state index contributed by atoms with van der Waals surface area (Å²) in [6.07, 6.45) is 1.22. The van der Waals surface area contributed by atoms with Crippen LogP contribution in [0, 0.1) is 5.82 Å². The van der Waals surface area contributed by atoms with E-state index in [9.17, 15) is 14.3 Å². The van der Waals surface area contributed by atoms with E-state index in [1.165, 1.54) is 13.2 Å². The van der Waals surface area contributed by atoms with Gasteiger partial charge in [0.1, 0.15) is 0 Å². The Bertz CT molecular complexity index is 1340. The quantitative estimate of drug-likeness (QED) is 0.486. The molecule has 8 nitrogen and oxygen atoms in total. The molecule has 0 amide bonds. The Morgan fingerprint density at radius 3 is 2.88 bits per heavy atom. The molecule has 4 heterocycles. The first-order valence-electron chi connectivity index (χ1n) is 10.5. The van der Waals surface area contributed by atoms with E-state index >= 15 is 0 Å². The third-order valence-corrected chi connectivity index (χ3v) is 6.04. The molecule has 0 bridgehead atoms. The number of carboxylic acid groups (broad SMARTS) is 1. The average molecular weight is 438 g/mol. The number of rotatable bonds is 5. The Morgan fingerprint density at radius 2 is 2.19 bits per heavy atom. The van der Waals surface area contributed by atoms with Crippen LogP contribution in [0.5, 0.6) is 5.75 Å². The maximum absolute atomic E-state index is 14.2. The van der Waals surface area contributed by atoms with E-state index in [0.29, 0.717) is 18.7 Å². The number of hydrogen-bond acceptors (Lipinski definition) is 5. The van der Waals surface area contributed by atoms with Gasteiger partial charge in [-0.1, -0.05) is 13.8 Å². The van der Waals surface area contributed by atoms with Crippen LogP contribution in [0.1, 0.15) is 43.4 Å². The van der Waals surface area contributed by atoms with Crippen LogP contribution < -0.4 is 4.74 Å². The maximum atomic E-state index is 14.2. The number of hydrogen-bond donors (Lipinski definition) is 2. The highest BCUT2D eigenvalue weighted by molar-refractivity contribution is 5.94. The second-order valence-electron chi connectivity index (χ2n) is 8.36. The van der Waals surface area contributed by atoms with Gasteiger partial charge in [0.15, 0.2) is 23.3 Å². The van der Waals surface area contributed by atoms with Gasteiger partial charge in [0, 0.05) is 34.3 Å². The summed E-state index contributed by atoms with van der Waals surface area (Å²) < 4.78 is 27.0. The van der Waals surface area contributed by atoms with E-state index in [0.717, 1.165) is 33.4 Å². The highest BCUT2D eigenvalue weighted by Gasteiger charge is 2.36. The first-order valence-corrected chi connectivity index (χ1v) is 10.5. The number of fused-ring (bicyclic) bond motifs is 2. The molecule has 0 saturated carbocycles. The largest absolute Gasteiger partial charge is 0.494 e. The van der Waals surface area contributed by atoms with Gasteiger partial charge in [-0.15, -0.1) is 0 Å². The minimum absolute atomic E-state index is 0.0793. The van der Waals surface area contributed by atoms with Gasteiger partial charge in [-0.25, -0.2) is 14.2 Å². The Hall–Kier alpha value is -3.46. The molecular weight excluding hydrogens is 415 g/mol. The number of halogens is 1. The third-order valence-electron chi connectivity index (χ3n) is 6.04. The summed E-state index contributed by atoms with van der Waals surface area (Å²) in [6.45, 7) is 4.45. The van der Waals surface area contributed by atoms with Crippen LogP contribution in [0.2, 0.25) is 0 Å². The summed E-state index contributed by atoms with van der Waals surface area (Å²) in [5, 5.41) is 17.3. The van der Waals surface area contributed by atoms with Crippen molar-refractivity contribution in [2.75, 3.05) is 13.7 Å². The lowest BCUT2D eigenvalue weighted by Gasteiger charge is -2.18. The zero-order valence-corrected chi connectivity index (χ0v) is 17.9. The fourth-order valence-electron chi connectivity index (χ4n) is 4.65. The normalized spacial score (nSPS) is 18.8. The summed E-state index contributed by atoms with van der Waals surface area (Å²) in [6, 6.07) is 6.75. The van der Waals surface area contributed by atoms with Gasteiger partial charge < -0.3 is 19.1 Å². The van der Waals surface area contributed by atoms with Crippen LogP contribution in [0.4, 0.5) is 4.39 Å². The second-order valence-corrected chi connectivity index (χ2v) is 8.36. The molecule has 0 radical (unpaired) electrons. The number of methoxy groups -OCH3 is 1. The number of aromatic amines is 1. The van der Waals surface area contributed by atoms with E-state index in [-0.39, 0.29) is 17.6 Å². The molecule has 1 aliphatic rings. The lowest BCUT2D eigenvalue weighted by Crippen LogP contribution is -2.18. The topological polar surface area (TPSA) is 102 Å². The predicted molar refractivity (Wildman–Crippen MR) is 116 cm³/mol. The number of ether oxygens (including phenoxy) is 2. The minimum Gasteiger partial charge on any atom is -0.494 e. The van der Waals surface area contributed by atoms with Crippen molar-refractivity contribution in [2.45, 2.75) is 38.2 Å². The number of benzene rings is 1. The molecule has 9 heteroatoms. The summed E-state index contributed by atoms with van der Waals surface area (Å²) >= 11 is 0. The van der Waals surface area contributed by atoms with Crippen LogP contribution in [0.25, 0.3) is 27.8 Å². The lowest BCUT2D eigenvalue weighted by molar-refractivity contribution is -0.147. The van der Waals surface area contributed by atoms with Gasteiger partial charge in [0.05, 0.1) is 30.9 Å². The number of H-pyrrole nitrogens is 1. The Balaban J connectivity index is 1.83. The number of aliphatic carboxylic acids is 1. The molecule has 0 spiro atoms. The molecule has 1 aromatic carbocycles. The number of carbonyl (C=O) groups is 1. The fraction of sp³-hybridized carbons (Fsp3) is 0.348. The molecule has 2 atom stereocenters. The standard InChI is InChI=1S/C23H23FN4O4/c1-11(2)21-19(13-7-18(23(29)30)32-10-13)20-16(6-12-9-25-27-22(12)26-20)28(21)14-4-5-15(24)17(8-14)31-3/h4-6,8-9,11,13,18H,7,10H2,1-3H3,(H,29,30)(H,25,26,27)/t13-,18+/m1/s1. The molecule has 4 aromatic rings. The monoisotopic (exact) mass is 438 g/mol. The van der Waals surface area contributed by atoms with Crippen LogP contribution >= 0.6 is 0 Å². The highest BCUT2D eigenvalue weighted by atomic mass is 19.1. The Kier molecular flexibility index (Phi) is 4.85. The Morgan fingerprint density at radius 1 is 1.38 bits per heavy atom. The van der Waals surface area contributed by atoms with Crippen LogP contribution in [0.15, 0.2) is 30.5 Å². The molecule has 0 unspecified atom stereocenters. The molecule has 3 aromatic heterocycles. The zero-order valence-electron chi connectivity index (χ0n) is 17.9. The molecule has 1 aliphatic heterocycles. The SMILES string of the molecule is COc1cc(-n2c(C(C)C)c([C@H]3CO[C@H](C(=O)O)C3)c3nc4[nH]ncc4cc32)ccc1F. The van der Waals surface area contributed by atoms with Crippen molar-refractivity contribution in [2.24, 2.45) is 0 Å². The fourth-order valence-corrected chi connectivity index (χ4v) is 4.65. The molecule has 1 fully saturated rings. The lowest BCUT2D eigenvalue weighted by atomic mass is 9.91. The molecule has 5 rings (SSSR count). The molecular formula is C23H23FN4O4. The van der Waals surface area contributed by atoms with E-state index in [1.807, 2.05) is 6.07 Å². The van der Waals surface area contributed by atoms with E-state index in [1.54, 1.807) is 18.3 Å². The minimum atomic E-state index is -0.963. The van der Waals surface area contributed by atoms with Crippen molar-refractivity contribution in [1.29, 1.82) is 0 Å². The predicted octanol–water partition coefficient (Wildman–Crippen LogP) is 4.13. The summed E-state index contributed by atoms with van der Waals surface area (Å²) in [4.78, 5) is 16.4. The van der Waals surface area contributed by atoms with Crippen molar-refractivity contribution in [1.82, 2.24) is 19.7 Å². The molecule has 1 saturated heterocycles. The molecule has 2 N–H and O–H groups in total. The maximum Gasteiger partial charge on any atom is 0.332 e. The highest BCUT2D eigenvalue weighted by Crippen LogP contribution is 2.42. The number of aromatic nitrogens is 4. The molecule has 0 aliphatic carbocycles. The Labute approximate surface area is 183 Å². The molecule has 166 valence electrons. The number of pyridine rings is 1.